The van der Waals surface area contributed by atoms with Gasteiger partial charge in [0.2, 0.25) is 0 Å². The van der Waals surface area contributed by atoms with E-state index in [1.54, 1.807) is 18.3 Å². The number of carboxylic acid groups (broad SMARTS) is 1. The van der Waals surface area contributed by atoms with Gasteiger partial charge in [0.05, 0.1) is 17.9 Å². The minimum absolute atomic E-state index is 0.147. The highest BCUT2D eigenvalue weighted by molar-refractivity contribution is 5.85. The Kier molecular flexibility index (Phi) is 5.62. The lowest BCUT2D eigenvalue weighted by atomic mass is 10.1. The fourth-order valence-electron chi connectivity index (χ4n) is 2.31. The summed E-state index contributed by atoms with van der Waals surface area (Å²) in [6.07, 6.45) is 1.70. The molecule has 0 bridgehead atoms. The van der Waals surface area contributed by atoms with Crippen LogP contribution in [-0.2, 0) is 6.61 Å². The second-order valence-corrected chi connectivity index (χ2v) is 5.55. The summed E-state index contributed by atoms with van der Waals surface area (Å²) in [5.74, 6) is -0.500. The highest BCUT2D eigenvalue weighted by atomic mass is 16.5. The van der Waals surface area contributed by atoms with Gasteiger partial charge in [-0.1, -0.05) is 54.6 Å². The molecule has 0 aliphatic carbocycles. The number of hydrogen-bond acceptors (Lipinski definition) is 5. The zero-order valence-corrected chi connectivity index (χ0v) is 14.0. The lowest BCUT2D eigenvalue weighted by Gasteiger charge is -2.10. The molecule has 0 atom stereocenters. The van der Waals surface area contributed by atoms with Crippen molar-refractivity contribution in [3.05, 3.63) is 95.6 Å². The van der Waals surface area contributed by atoms with Crippen LogP contribution in [-0.4, -0.2) is 12.2 Å². The molecule has 0 unspecified atom stereocenters. The second-order valence-electron chi connectivity index (χ2n) is 5.55. The Hall–Kier alpha value is -3.60. The van der Waals surface area contributed by atoms with Gasteiger partial charge >= 0.3 is 0 Å². The van der Waals surface area contributed by atoms with Crippen molar-refractivity contribution in [3.8, 4) is 5.75 Å². The van der Waals surface area contributed by atoms with E-state index in [1.807, 2.05) is 54.6 Å². The molecular formula is C21H17N2O3-. The molecule has 3 aromatic rings. The first-order chi connectivity index (χ1) is 12.7. The predicted molar refractivity (Wildman–Crippen MR) is 99.2 cm³/mol. The third-order valence-electron chi connectivity index (χ3n) is 3.67. The summed E-state index contributed by atoms with van der Waals surface area (Å²) in [6.45, 7) is 0.324. The van der Waals surface area contributed by atoms with E-state index in [2.05, 4.69) is 10.5 Å². The third kappa shape index (κ3) is 4.70. The molecule has 0 saturated heterocycles. The van der Waals surface area contributed by atoms with Crippen molar-refractivity contribution in [2.45, 2.75) is 6.61 Å². The number of para-hydroxylation sites is 2. The van der Waals surface area contributed by atoms with E-state index in [9.17, 15) is 9.90 Å². The van der Waals surface area contributed by atoms with E-state index in [0.717, 1.165) is 16.8 Å². The molecule has 1 N–H and O–H groups in total. The average molecular weight is 345 g/mol. The number of hydrogen-bond donors (Lipinski definition) is 1. The number of ether oxygens (including phenoxy) is 1. The molecule has 0 spiro atoms. The topological polar surface area (TPSA) is 73.8 Å². The number of benzene rings is 3. The lowest BCUT2D eigenvalue weighted by molar-refractivity contribution is -0.255. The SMILES string of the molecule is O=C([O-])c1ccc(COc2ccccc2/C=N\Nc2ccccc2)cc1. The fraction of sp³-hybridized carbons (Fsp3) is 0.0476. The van der Waals surface area contributed by atoms with Crippen LogP contribution >= 0.6 is 0 Å². The van der Waals surface area contributed by atoms with Crippen LogP contribution in [0.15, 0.2) is 84.0 Å². The number of anilines is 1. The largest absolute Gasteiger partial charge is 0.545 e. The Morgan fingerprint density at radius 2 is 1.65 bits per heavy atom. The standard InChI is InChI=1S/C21H18N2O3/c24-21(25)17-12-10-16(11-13-17)15-26-20-9-5-4-6-18(20)14-22-23-19-7-2-1-3-8-19/h1-14,23H,15H2,(H,24,25)/p-1/b22-14-. The molecule has 0 heterocycles. The molecule has 0 saturated carbocycles. The zero-order chi connectivity index (χ0) is 18.2. The maximum Gasteiger partial charge on any atom is 0.128 e. The van der Waals surface area contributed by atoms with Gasteiger partial charge in [-0.05, 0) is 35.4 Å². The van der Waals surface area contributed by atoms with Gasteiger partial charge in [-0.25, -0.2) is 0 Å². The van der Waals surface area contributed by atoms with Crippen LogP contribution in [0.2, 0.25) is 0 Å². The van der Waals surface area contributed by atoms with Crippen molar-refractivity contribution in [1.29, 1.82) is 0 Å². The van der Waals surface area contributed by atoms with Crippen molar-refractivity contribution >= 4 is 17.9 Å². The Morgan fingerprint density at radius 3 is 2.38 bits per heavy atom. The molecule has 3 rings (SSSR count). The first kappa shape index (κ1) is 17.2. The molecule has 26 heavy (non-hydrogen) atoms. The molecule has 5 heteroatoms. The lowest BCUT2D eigenvalue weighted by Crippen LogP contribution is -2.22. The van der Waals surface area contributed by atoms with E-state index < -0.39 is 5.97 Å². The molecule has 5 nitrogen and oxygen atoms in total. The number of carboxylic acids is 1. The highest BCUT2D eigenvalue weighted by Crippen LogP contribution is 2.18. The number of hydrazone groups is 1. The number of nitrogens with one attached hydrogen (secondary N) is 1. The Balaban J connectivity index is 1.64. The fourth-order valence-corrected chi connectivity index (χ4v) is 2.31. The minimum Gasteiger partial charge on any atom is -0.545 e. The van der Waals surface area contributed by atoms with Crippen LogP contribution in [0.5, 0.6) is 5.75 Å². The van der Waals surface area contributed by atoms with Gasteiger partial charge in [-0.15, -0.1) is 0 Å². The van der Waals surface area contributed by atoms with Crippen LogP contribution in [0.3, 0.4) is 0 Å². The van der Waals surface area contributed by atoms with Crippen LogP contribution in [0, 0.1) is 0 Å². The van der Waals surface area contributed by atoms with Gasteiger partial charge in [-0.3, -0.25) is 5.43 Å². The molecule has 0 fully saturated rings. The summed E-state index contributed by atoms with van der Waals surface area (Å²) in [5.41, 5.74) is 5.71. The van der Waals surface area contributed by atoms with E-state index in [1.165, 1.54) is 12.1 Å². The normalized spacial score (nSPS) is 10.6. The molecule has 0 aromatic heterocycles. The Bertz CT molecular complexity index is 891. The molecular weight excluding hydrogens is 328 g/mol. The molecule has 130 valence electrons. The van der Waals surface area contributed by atoms with Gasteiger partial charge in [-0.2, -0.15) is 5.10 Å². The highest BCUT2D eigenvalue weighted by Gasteiger charge is 2.02. The van der Waals surface area contributed by atoms with Gasteiger partial charge in [0, 0.05) is 5.56 Å². The second kappa shape index (κ2) is 8.48. The number of nitrogens with zero attached hydrogens (tertiary/aromatic N) is 1. The number of carbonyl (C=O) groups is 1. The third-order valence-corrected chi connectivity index (χ3v) is 3.67. The molecule has 0 radical (unpaired) electrons. The smallest absolute Gasteiger partial charge is 0.128 e. The maximum atomic E-state index is 10.8. The van der Waals surface area contributed by atoms with Crippen molar-refractivity contribution < 1.29 is 14.6 Å². The van der Waals surface area contributed by atoms with Crippen molar-refractivity contribution in [3.63, 3.8) is 0 Å². The first-order valence-corrected chi connectivity index (χ1v) is 8.08. The van der Waals surface area contributed by atoms with Crippen molar-refractivity contribution in [2.75, 3.05) is 5.43 Å². The summed E-state index contributed by atoms with van der Waals surface area (Å²) in [6, 6.07) is 23.6. The van der Waals surface area contributed by atoms with Gasteiger partial charge < -0.3 is 14.6 Å². The number of rotatable bonds is 7. The van der Waals surface area contributed by atoms with E-state index >= 15 is 0 Å². The van der Waals surface area contributed by atoms with Gasteiger partial charge in [0.15, 0.2) is 0 Å². The molecule has 3 aromatic carbocycles. The van der Waals surface area contributed by atoms with Crippen LogP contribution < -0.4 is 15.3 Å². The Morgan fingerprint density at radius 1 is 0.962 bits per heavy atom. The van der Waals surface area contributed by atoms with Crippen LogP contribution in [0.4, 0.5) is 5.69 Å². The quantitative estimate of drug-likeness (QED) is 0.527. The van der Waals surface area contributed by atoms with E-state index in [-0.39, 0.29) is 5.56 Å². The molecule has 0 amide bonds. The average Bonchev–Trinajstić information content (AvgIpc) is 2.68. The summed E-state index contributed by atoms with van der Waals surface area (Å²) >= 11 is 0. The van der Waals surface area contributed by atoms with Crippen molar-refractivity contribution in [2.24, 2.45) is 5.10 Å². The summed E-state index contributed by atoms with van der Waals surface area (Å²) in [4.78, 5) is 10.8. The Labute approximate surface area is 151 Å². The van der Waals surface area contributed by atoms with E-state index in [4.69, 9.17) is 4.74 Å². The monoisotopic (exact) mass is 345 g/mol. The summed E-state index contributed by atoms with van der Waals surface area (Å²) < 4.78 is 5.84. The minimum atomic E-state index is -1.19. The molecule has 0 aliphatic rings. The summed E-state index contributed by atoms with van der Waals surface area (Å²) in [5, 5.41) is 15.0. The predicted octanol–water partition coefficient (Wildman–Crippen LogP) is 3.08. The number of carbonyl (C=O) groups excluding carboxylic acids is 1. The van der Waals surface area contributed by atoms with Gasteiger partial charge in [0.25, 0.3) is 0 Å². The maximum absolute atomic E-state index is 10.8. The molecule has 0 aliphatic heterocycles. The van der Waals surface area contributed by atoms with Crippen molar-refractivity contribution in [1.82, 2.24) is 0 Å². The van der Waals surface area contributed by atoms with Crippen LogP contribution in [0.25, 0.3) is 0 Å². The van der Waals surface area contributed by atoms with E-state index in [0.29, 0.717) is 12.4 Å². The van der Waals surface area contributed by atoms with Gasteiger partial charge in [0.1, 0.15) is 12.4 Å². The summed E-state index contributed by atoms with van der Waals surface area (Å²) in [7, 11) is 0. The first-order valence-electron chi connectivity index (χ1n) is 8.08. The zero-order valence-electron chi connectivity index (χ0n) is 14.0. The van der Waals surface area contributed by atoms with Crippen LogP contribution in [0.1, 0.15) is 21.5 Å². The number of aromatic carboxylic acids is 1.